The van der Waals surface area contributed by atoms with E-state index in [4.69, 9.17) is 5.26 Å². The average molecular weight is 311 g/mol. The number of halogens is 3. The van der Waals surface area contributed by atoms with E-state index < -0.39 is 11.7 Å². The lowest BCUT2D eigenvalue weighted by Crippen LogP contribution is -2.46. The normalized spacial score (nSPS) is 17.4. The molecule has 0 N–H and O–H groups in total. The summed E-state index contributed by atoms with van der Waals surface area (Å²) in [5.41, 5.74) is 0.431. The third-order valence-corrected chi connectivity index (χ3v) is 3.97. The van der Waals surface area contributed by atoms with E-state index in [1.165, 1.54) is 6.07 Å². The topological polar surface area (TPSA) is 30.3 Å². The smallest absolute Gasteiger partial charge is 0.300 e. The Morgan fingerprint density at radius 2 is 1.77 bits per heavy atom. The number of rotatable bonds is 4. The van der Waals surface area contributed by atoms with Crippen LogP contribution in [0.2, 0.25) is 0 Å². The maximum Gasteiger partial charge on any atom is 0.416 e. The molecule has 3 nitrogen and oxygen atoms in total. The van der Waals surface area contributed by atoms with Crippen molar-refractivity contribution < 1.29 is 13.2 Å². The minimum atomic E-state index is -4.31. The van der Waals surface area contributed by atoms with Crippen LogP contribution in [-0.2, 0) is 12.7 Å². The number of hydrogen-bond acceptors (Lipinski definition) is 3. The number of benzene rings is 1. The molecule has 1 aromatic carbocycles. The molecule has 1 aromatic rings. The lowest BCUT2D eigenvalue weighted by atomic mass is 10.0. The maximum absolute atomic E-state index is 13.1. The monoisotopic (exact) mass is 311 g/mol. The summed E-state index contributed by atoms with van der Waals surface area (Å²) in [5, 5.41) is 8.58. The summed E-state index contributed by atoms with van der Waals surface area (Å²) in [6.07, 6.45) is -3.81. The first-order valence-corrected chi connectivity index (χ1v) is 7.38. The fourth-order valence-corrected chi connectivity index (χ4v) is 2.71. The minimum Gasteiger partial charge on any atom is -0.300 e. The number of piperazine rings is 1. The molecule has 0 aliphatic carbocycles. The van der Waals surface area contributed by atoms with Crippen LogP contribution < -0.4 is 0 Å². The second kappa shape index (κ2) is 7.12. The van der Waals surface area contributed by atoms with Gasteiger partial charge in [0.1, 0.15) is 0 Å². The molecule has 0 unspecified atom stereocenters. The Labute approximate surface area is 128 Å². The zero-order valence-electron chi connectivity index (χ0n) is 12.7. The zero-order valence-corrected chi connectivity index (χ0v) is 12.7. The molecule has 22 heavy (non-hydrogen) atoms. The molecule has 0 aromatic heterocycles. The van der Waals surface area contributed by atoms with Gasteiger partial charge in [0.2, 0.25) is 0 Å². The van der Waals surface area contributed by atoms with Gasteiger partial charge in [-0.3, -0.25) is 9.80 Å². The Morgan fingerprint density at radius 1 is 1.14 bits per heavy atom. The quantitative estimate of drug-likeness (QED) is 0.856. The van der Waals surface area contributed by atoms with Gasteiger partial charge in [0.25, 0.3) is 0 Å². The predicted molar refractivity (Wildman–Crippen MR) is 78.1 cm³/mol. The first-order valence-electron chi connectivity index (χ1n) is 7.38. The highest BCUT2D eigenvalue weighted by atomic mass is 19.4. The number of hydrogen-bond donors (Lipinski definition) is 0. The van der Waals surface area contributed by atoms with Crippen LogP contribution in [0.3, 0.4) is 0 Å². The fourth-order valence-electron chi connectivity index (χ4n) is 2.71. The van der Waals surface area contributed by atoms with Crippen molar-refractivity contribution >= 4 is 0 Å². The van der Waals surface area contributed by atoms with E-state index in [0.29, 0.717) is 24.1 Å². The van der Waals surface area contributed by atoms with E-state index >= 15 is 0 Å². The number of nitrogens with zero attached hydrogens (tertiary/aromatic N) is 3. The summed E-state index contributed by atoms with van der Waals surface area (Å²) < 4.78 is 39.4. The van der Waals surface area contributed by atoms with E-state index in [-0.39, 0.29) is 0 Å². The van der Waals surface area contributed by atoms with Crippen molar-refractivity contribution in [3.05, 3.63) is 34.9 Å². The van der Waals surface area contributed by atoms with E-state index in [2.05, 4.69) is 11.0 Å². The largest absolute Gasteiger partial charge is 0.416 e. The Morgan fingerprint density at radius 3 is 2.36 bits per heavy atom. The van der Waals surface area contributed by atoms with Crippen LogP contribution in [0.15, 0.2) is 18.2 Å². The van der Waals surface area contributed by atoms with Crippen LogP contribution in [0.4, 0.5) is 13.2 Å². The van der Waals surface area contributed by atoms with E-state index in [9.17, 15) is 13.2 Å². The van der Waals surface area contributed by atoms with Gasteiger partial charge in [-0.1, -0.05) is 17.7 Å². The zero-order chi connectivity index (χ0) is 16.2. The standard InChI is InChI=1S/C16H20F3N3/c1-13-3-4-14(15(11-13)16(17,18)19)12-22-9-7-21(8-10-22)6-2-5-20/h3-4,11H,2,6-10,12H2,1H3. The van der Waals surface area contributed by atoms with Gasteiger partial charge in [0, 0.05) is 45.7 Å². The highest BCUT2D eigenvalue weighted by Gasteiger charge is 2.33. The molecule has 1 heterocycles. The van der Waals surface area contributed by atoms with E-state index in [1.54, 1.807) is 19.1 Å². The van der Waals surface area contributed by atoms with Crippen LogP contribution in [-0.4, -0.2) is 42.5 Å². The highest BCUT2D eigenvalue weighted by molar-refractivity contribution is 5.33. The number of alkyl halides is 3. The van der Waals surface area contributed by atoms with Gasteiger partial charge in [-0.05, 0) is 18.6 Å². The van der Waals surface area contributed by atoms with Gasteiger partial charge >= 0.3 is 6.18 Å². The van der Waals surface area contributed by atoms with E-state index in [1.807, 2.05) is 4.90 Å². The molecule has 1 fully saturated rings. The second-order valence-electron chi connectivity index (χ2n) is 5.68. The Hall–Kier alpha value is -1.58. The molecular formula is C16H20F3N3. The fraction of sp³-hybridized carbons (Fsp3) is 0.562. The Balaban J connectivity index is 1.99. The predicted octanol–water partition coefficient (Wildman–Crippen LogP) is 3.05. The third kappa shape index (κ3) is 4.46. The lowest BCUT2D eigenvalue weighted by Gasteiger charge is -2.34. The molecule has 120 valence electrons. The molecule has 2 rings (SSSR count). The van der Waals surface area contributed by atoms with Gasteiger partial charge in [0.15, 0.2) is 0 Å². The van der Waals surface area contributed by atoms with Crippen molar-refractivity contribution in [1.29, 1.82) is 5.26 Å². The van der Waals surface area contributed by atoms with Crippen LogP contribution in [0.1, 0.15) is 23.1 Å². The molecule has 0 saturated carbocycles. The molecule has 0 bridgehead atoms. The van der Waals surface area contributed by atoms with Crippen LogP contribution >= 0.6 is 0 Å². The second-order valence-corrected chi connectivity index (χ2v) is 5.68. The van der Waals surface area contributed by atoms with Crippen molar-refractivity contribution in [2.75, 3.05) is 32.7 Å². The van der Waals surface area contributed by atoms with Gasteiger partial charge in [0.05, 0.1) is 11.6 Å². The highest BCUT2D eigenvalue weighted by Crippen LogP contribution is 2.33. The Kier molecular flexibility index (Phi) is 5.43. The molecule has 6 heteroatoms. The van der Waals surface area contributed by atoms with Gasteiger partial charge in [-0.2, -0.15) is 18.4 Å². The van der Waals surface area contributed by atoms with Gasteiger partial charge in [-0.25, -0.2) is 0 Å². The molecule has 1 saturated heterocycles. The minimum absolute atomic E-state index is 0.321. The summed E-state index contributed by atoms with van der Waals surface area (Å²) in [5.74, 6) is 0. The molecule has 1 aliphatic rings. The van der Waals surface area contributed by atoms with Crippen molar-refractivity contribution in [2.24, 2.45) is 0 Å². The SMILES string of the molecule is Cc1ccc(CN2CCN(CCC#N)CC2)c(C(F)(F)F)c1. The summed E-state index contributed by atoms with van der Waals surface area (Å²) in [6, 6.07) is 6.65. The van der Waals surface area contributed by atoms with Crippen LogP contribution in [0.5, 0.6) is 0 Å². The van der Waals surface area contributed by atoms with Crippen molar-refractivity contribution in [1.82, 2.24) is 9.80 Å². The van der Waals surface area contributed by atoms with Crippen molar-refractivity contribution in [2.45, 2.75) is 26.1 Å². The van der Waals surface area contributed by atoms with Crippen LogP contribution in [0.25, 0.3) is 0 Å². The third-order valence-electron chi connectivity index (χ3n) is 3.97. The molecule has 0 amide bonds. The van der Waals surface area contributed by atoms with Gasteiger partial charge in [-0.15, -0.1) is 0 Å². The lowest BCUT2D eigenvalue weighted by molar-refractivity contribution is -0.138. The number of nitriles is 1. The first-order chi connectivity index (χ1) is 10.4. The average Bonchev–Trinajstić information content (AvgIpc) is 2.47. The Bertz CT molecular complexity index is 541. The summed E-state index contributed by atoms with van der Waals surface area (Å²) in [4.78, 5) is 4.22. The summed E-state index contributed by atoms with van der Waals surface area (Å²) in [7, 11) is 0. The van der Waals surface area contributed by atoms with Crippen molar-refractivity contribution in [3.63, 3.8) is 0 Å². The molecular weight excluding hydrogens is 291 g/mol. The molecule has 0 atom stereocenters. The van der Waals surface area contributed by atoms with Gasteiger partial charge < -0.3 is 0 Å². The molecule has 0 spiro atoms. The van der Waals surface area contributed by atoms with Crippen LogP contribution in [0, 0.1) is 18.3 Å². The summed E-state index contributed by atoms with van der Waals surface area (Å²) in [6.45, 7) is 5.80. The maximum atomic E-state index is 13.1. The number of aryl methyl sites for hydroxylation is 1. The first kappa shape index (κ1) is 16.8. The summed E-state index contributed by atoms with van der Waals surface area (Å²) >= 11 is 0. The molecule has 1 aliphatic heterocycles. The molecule has 0 radical (unpaired) electrons. The van der Waals surface area contributed by atoms with Crippen molar-refractivity contribution in [3.8, 4) is 6.07 Å². The van der Waals surface area contributed by atoms with E-state index in [0.717, 1.165) is 32.7 Å².